The van der Waals surface area contributed by atoms with Crippen LogP contribution in [-0.4, -0.2) is 80.3 Å². The molecule has 1 aromatic carbocycles. The summed E-state index contributed by atoms with van der Waals surface area (Å²) in [4.78, 5) is 36.4. The van der Waals surface area contributed by atoms with Crippen molar-refractivity contribution in [1.82, 2.24) is 24.6 Å². The molecule has 2 aromatic heterocycles. The Morgan fingerprint density at radius 2 is 1.93 bits per heavy atom. The average Bonchev–Trinajstić information content (AvgIpc) is 3.49. The zero-order chi connectivity index (χ0) is 32.9. The van der Waals surface area contributed by atoms with Gasteiger partial charge >= 0.3 is 19.7 Å². The van der Waals surface area contributed by atoms with E-state index < -0.39 is 56.4 Å². The molecule has 0 amide bonds. The number of nitrogens with one attached hydrogen (secondary N) is 1. The number of alkyl halides is 1. The number of para-hydroxylation sites is 1. The highest BCUT2D eigenvalue weighted by molar-refractivity contribution is 7.52. The normalized spacial score (nSPS) is 23.4. The van der Waals surface area contributed by atoms with Crippen molar-refractivity contribution in [3.63, 3.8) is 0 Å². The minimum atomic E-state index is -4.47. The molecule has 1 saturated heterocycles. The van der Waals surface area contributed by atoms with Crippen LogP contribution in [0.4, 0.5) is 16.2 Å². The van der Waals surface area contributed by atoms with Gasteiger partial charge in [0.25, 0.3) is 0 Å². The zero-order valence-electron chi connectivity index (χ0n) is 25.2. The minimum Gasteiger partial charge on any atom is -0.466 e. The first-order valence-electron chi connectivity index (χ1n) is 14.2. The third kappa shape index (κ3) is 7.68. The number of ether oxygens (including phenoxy) is 3. The molecule has 1 fully saturated rings. The topological polar surface area (TPSA) is 225 Å². The van der Waals surface area contributed by atoms with E-state index in [0.29, 0.717) is 5.56 Å². The average molecular weight is 654 g/mol. The second-order valence-electron chi connectivity index (χ2n) is 10.3. The van der Waals surface area contributed by atoms with Gasteiger partial charge in [-0.25, -0.2) is 13.9 Å². The summed E-state index contributed by atoms with van der Waals surface area (Å²) in [6.07, 6.45) is -3.21. The number of aliphatic hydroxyl groups is 1. The first-order chi connectivity index (χ1) is 21.3. The molecule has 4 rings (SSSR count). The summed E-state index contributed by atoms with van der Waals surface area (Å²) in [5, 5.41) is 13.5. The number of aliphatic hydroxyl groups excluding tert-OH is 1. The summed E-state index contributed by atoms with van der Waals surface area (Å²) in [5.74, 6) is -1.28. The molecular weight excluding hydrogens is 616 g/mol. The number of imidazole rings is 1. The lowest BCUT2D eigenvalue weighted by atomic mass is 9.98. The van der Waals surface area contributed by atoms with Crippen molar-refractivity contribution in [3.8, 4) is 5.75 Å². The van der Waals surface area contributed by atoms with Crippen LogP contribution in [0.1, 0.15) is 45.9 Å². The van der Waals surface area contributed by atoms with Crippen molar-refractivity contribution < 1.29 is 46.9 Å². The molecule has 0 spiro atoms. The number of carbonyl (C=O) groups excluding carboxylic acids is 2. The lowest BCUT2D eigenvalue weighted by molar-refractivity contribution is -0.145. The van der Waals surface area contributed by atoms with E-state index in [1.165, 1.54) is 23.9 Å². The molecule has 0 radical (unpaired) electrons. The number of aryl methyl sites for hydroxylation is 1. The van der Waals surface area contributed by atoms with Crippen LogP contribution in [-0.2, 0) is 39.3 Å². The maximum absolute atomic E-state index is 16.0. The van der Waals surface area contributed by atoms with Gasteiger partial charge in [0.15, 0.2) is 23.4 Å². The number of nitrogens with zero attached hydrogens (tertiary/aromatic N) is 4. The Bertz CT molecular complexity index is 1570. The van der Waals surface area contributed by atoms with E-state index in [1.807, 2.05) is 0 Å². The summed E-state index contributed by atoms with van der Waals surface area (Å²) >= 11 is 0. The van der Waals surface area contributed by atoms with Crippen LogP contribution in [0.2, 0.25) is 0 Å². The van der Waals surface area contributed by atoms with Crippen molar-refractivity contribution in [2.75, 3.05) is 31.3 Å². The summed E-state index contributed by atoms with van der Waals surface area (Å²) in [7, 11) is -4.47. The van der Waals surface area contributed by atoms with Gasteiger partial charge in [0.1, 0.15) is 29.5 Å². The molecule has 16 nitrogen and oxygen atoms in total. The maximum atomic E-state index is 16.0. The number of hydrogen-bond acceptors (Lipinski definition) is 14. The van der Waals surface area contributed by atoms with Crippen molar-refractivity contribution >= 4 is 42.6 Å². The number of hydrogen-bond donors (Lipinski definition) is 4. The predicted octanol–water partition coefficient (Wildman–Crippen LogP) is 2.22. The molecule has 246 valence electrons. The molecule has 3 aromatic rings. The SMILES string of the molecule is CCOC(=O)CCc1ccccc1OP(=O)(N[C@@H](C)C(=O)OCC)OC[C@H]1O[C@@H](n2cnc3c(N)nc(N)nc32)[C@@](C)(F)[C@H]1O. The van der Waals surface area contributed by atoms with E-state index in [0.717, 1.165) is 6.92 Å². The van der Waals surface area contributed by atoms with Gasteiger partial charge in [-0.2, -0.15) is 15.1 Å². The van der Waals surface area contributed by atoms with Crippen molar-refractivity contribution in [2.45, 2.75) is 70.7 Å². The van der Waals surface area contributed by atoms with E-state index >= 15 is 4.39 Å². The molecule has 3 heterocycles. The van der Waals surface area contributed by atoms with Gasteiger partial charge < -0.3 is 35.3 Å². The van der Waals surface area contributed by atoms with Gasteiger partial charge in [-0.3, -0.25) is 18.7 Å². The fourth-order valence-electron chi connectivity index (χ4n) is 4.70. The van der Waals surface area contributed by atoms with E-state index in [9.17, 15) is 19.3 Å². The molecule has 18 heteroatoms. The third-order valence-corrected chi connectivity index (χ3v) is 8.56. The molecule has 45 heavy (non-hydrogen) atoms. The highest BCUT2D eigenvalue weighted by Crippen LogP contribution is 2.48. The summed E-state index contributed by atoms with van der Waals surface area (Å²) in [5.41, 5.74) is 9.88. The number of nitrogens with two attached hydrogens (primary N) is 2. The third-order valence-electron chi connectivity index (χ3n) is 6.93. The lowest BCUT2D eigenvalue weighted by Crippen LogP contribution is -2.41. The number of nitrogen functional groups attached to an aromatic ring is 2. The van der Waals surface area contributed by atoms with Gasteiger partial charge in [-0.1, -0.05) is 18.2 Å². The highest BCUT2D eigenvalue weighted by Gasteiger charge is 2.56. The molecule has 1 unspecified atom stereocenters. The largest absolute Gasteiger partial charge is 0.466 e. The summed E-state index contributed by atoms with van der Waals surface area (Å²) in [6.45, 7) is 5.44. The van der Waals surface area contributed by atoms with Crippen LogP contribution in [0, 0.1) is 0 Å². The van der Waals surface area contributed by atoms with Crippen LogP contribution in [0.25, 0.3) is 11.2 Å². The molecule has 0 aliphatic carbocycles. The Hall–Kier alpha value is -3.89. The number of fused-ring (bicyclic) bond motifs is 1. The van der Waals surface area contributed by atoms with Gasteiger partial charge in [-0.05, 0) is 45.7 Å². The van der Waals surface area contributed by atoms with E-state index in [4.69, 9.17) is 34.7 Å². The fourth-order valence-corrected chi connectivity index (χ4v) is 6.24. The fraction of sp³-hybridized carbons (Fsp3) is 0.519. The first-order valence-corrected chi connectivity index (χ1v) is 15.7. The Kier molecular flexibility index (Phi) is 10.6. The van der Waals surface area contributed by atoms with Crippen molar-refractivity contribution in [1.29, 1.82) is 0 Å². The number of halogens is 1. The zero-order valence-corrected chi connectivity index (χ0v) is 26.1. The quantitative estimate of drug-likeness (QED) is 0.145. The number of carbonyl (C=O) groups is 2. The Morgan fingerprint density at radius 1 is 1.22 bits per heavy atom. The lowest BCUT2D eigenvalue weighted by Gasteiger charge is -2.26. The summed E-state index contributed by atoms with van der Waals surface area (Å²) < 4.78 is 58.7. The number of rotatable bonds is 14. The monoisotopic (exact) mass is 653 g/mol. The molecule has 0 bridgehead atoms. The van der Waals surface area contributed by atoms with Gasteiger partial charge in [0, 0.05) is 6.42 Å². The maximum Gasteiger partial charge on any atom is 0.459 e. The minimum absolute atomic E-state index is 0.0236. The van der Waals surface area contributed by atoms with E-state index in [-0.39, 0.29) is 54.7 Å². The van der Waals surface area contributed by atoms with Crippen LogP contribution in [0.15, 0.2) is 30.6 Å². The predicted molar refractivity (Wildman–Crippen MR) is 158 cm³/mol. The van der Waals surface area contributed by atoms with Crippen molar-refractivity contribution in [3.05, 3.63) is 36.2 Å². The van der Waals surface area contributed by atoms with Crippen LogP contribution >= 0.6 is 7.75 Å². The van der Waals surface area contributed by atoms with E-state index in [1.54, 1.807) is 32.0 Å². The first kappa shape index (κ1) is 34.0. The van der Waals surface area contributed by atoms with E-state index in [2.05, 4.69) is 20.0 Å². The van der Waals surface area contributed by atoms with Gasteiger partial charge in [0.2, 0.25) is 5.95 Å². The van der Waals surface area contributed by atoms with Crippen LogP contribution in [0.5, 0.6) is 5.75 Å². The highest BCUT2D eigenvalue weighted by atomic mass is 31.2. The Labute approximate surface area is 258 Å². The molecule has 6 atom stereocenters. The molecule has 1 aliphatic rings. The standard InChI is InChI=1S/C27H37FN7O9P/c1-5-40-19(36)12-11-16-9-7-8-10-17(16)44-45(39,34-15(3)24(38)41-6-2)42-13-18-21(37)27(4,28)25(43-18)35-14-31-20-22(29)32-26(30)33-23(20)35/h7-10,14-15,18,21,25,37H,5-6,11-13H2,1-4H3,(H,34,39)(H4,29,30,32,33)/t15-,18+,21-,25+,27-,45?/m0/s1. The van der Waals surface area contributed by atoms with Gasteiger partial charge in [-0.15, -0.1) is 0 Å². The number of anilines is 2. The van der Waals surface area contributed by atoms with Gasteiger partial charge in [0.05, 0.1) is 26.1 Å². The van der Waals surface area contributed by atoms with Crippen LogP contribution < -0.4 is 21.1 Å². The Balaban J connectivity index is 1.57. The number of benzene rings is 1. The molecule has 6 N–H and O–H groups in total. The molecule has 0 saturated carbocycles. The molecular formula is C27H37FN7O9P. The number of esters is 2. The summed E-state index contributed by atoms with van der Waals surface area (Å²) in [6, 6.07) is 5.32. The Morgan fingerprint density at radius 3 is 2.64 bits per heavy atom. The second-order valence-corrected chi connectivity index (χ2v) is 12.0. The molecule has 1 aliphatic heterocycles. The van der Waals surface area contributed by atoms with Crippen molar-refractivity contribution in [2.24, 2.45) is 0 Å². The smallest absolute Gasteiger partial charge is 0.459 e. The second kappa shape index (κ2) is 14.0. The van der Waals surface area contributed by atoms with Crippen LogP contribution in [0.3, 0.4) is 0 Å². The number of aromatic nitrogens is 4.